The summed E-state index contributed by atoms with van der Waals surface area (Å²) >= 11 is 11.9. The Labute approximate surface area is 162 Å². The molecule has 3 aromatic rings. The fourth-order valence-corrected chi connectivity index (χ4v) is 3.40. The highest BCUT2D eigenvalue weighted by Crippen LogP contribution is 2.45. The number of amides is 2. The number of aromatic hydroxyl groups is 1. The molecule has 1 aromatic heterocycles. The van der Waals surface area contributed by atoms with E-state index >= 15 is 0 Å². The first kappa shape index (κ1) is 17.3. The van der Waals surface area contributed by atoms with Crippen LogP contribution in [0.3, 0.4) is 0 Å². The van der Waals surface area contributed by atoms with Crippen molar-refractivity contribution >= 4 is 51.7 Å². The van der Waals surface area contributed by atoms with Gasteiger partial charge in [-0.15, -0.1) is 0 Å². The number of nitrogens with zero attached hydrogens (tertiary/aromatic N) is 1. The van der Waals surface area contributed by atoms with Crippen molar-refractivity contribution in [2.45, 2.75) is 0 Å². The number of benzene rings is 2. The average Bonchev–Trinajstić information content (AvgIpc) is 3.18. The minimum Gasteiger partial charge on any atom is -0.494 e. The lowest BCUT2D eigenvalue weighted by Gasteiger charge is -2.08. The molecule has 1 aliphatic rings. The van der Waals surface area contributed by atoms with Crippen LogP contribution in [0.15, 0.2) is 30.3 Å². The van der Waals surface area contributed by atoms with Gasteiger partial charge in [0.05, 0.1) is 21.6 Å². The van der Waals surface area contributed by atoms with Crippen molar-refractivity contribution in [3.05, 3.63) is 45.9 Å². The number of aromatic nitrogens is 1. The summed E-state index contributed by atoms with van der Waals surface area (Å²) in [7, 11) is 0. The lowest BCUT2D eigenvalue weighted by atomic mass is 10.1. The fourth-order valence-electron chi connectivity index (χ4n) is 2.94. The van der Waals surface area contributed by atoms with Crippen molar-refractivity contribution in [3.63, 3.8) is 0 Å². The molecule has 138 valence electrons. The van der Waals surface area contributed by atoms with Crippen LogP contribution in [0.25, 0.3) is 10.9 Å². The molecule has 0 unspecified atom stereocenters. The molecule has 2 amide bonds. The number of hydrogen-bond donors (Lipinski definition) is 3. The van der Waals surface area contributed by atoms with Crippen molar-refractivity contribution in [3.8, 4) is 17.4 Å². The molecule has 8 nitrogen and oxygen atoms in total. The molecule has 4 N–H and O–H groups in total. The summed E-state index contributed by atoms with van der Waals surface area (Å²) in [6, 6.07) is 6.61. The zero-order valence-corrected chi connectivity index (χ0v) is 15.0. The Morgan fingerprint density at radius 1 is 1.19 bits per heavy atom. The normalized spacial score (nSPS) is 12.4. The molecule has 27 heavy (non-hydrogen) atoms. The van der Waals surface area contributed by atoms with Crippen molar-refractivity contribution in [1.82, 2.24) is 4.57 Å². The number of halogens is 2. The molecule has 2 heterocycles. The molecule has 2 aromatic carbocycles. The van der Waals surface area contributed by atoms with E-state index in [2.05, 4.69) is 5.32 Å². The van der Waals surface area contributed by atoms with Gasteiger partial charge < -0.3 is 25.6 Å². The molecule has 0 fully saturated rings. The Bertz CT molecular complexity index is 1130. The summed E-state index contributed by atoms with van der Waals surface area (Å²) in [5.74, 6) is -0.729. The van der Waals surface area contributed by atoms with Crippen molar-refractivity contribution in [2.75, 3.05) is 12.1 Å². The number of carbonyl (C=O) groups excluding carboxylic acids is 2. The van der Waals surface area contributed by atoms with Crippen LogP contribution in [0.1, 0.15) is 10.4 Å². The summed E-state index contributed by atoms with van der Waals surface area (Å²) < 4.78 is 11.5. The van der Waals surface area contributed by atoms with Gasteiger partial charge in [-0.25, -0.2) is 9.36 Å². The first-order chi connectivity index (χ1) is 12.9. The number of nitrogens with one attached hydrogen (secondary N) is 1. The van der Waals surface area contributed by atoms with Crippen LogP contribution < -0.4 is 20.5 Å². The molecule has 4 rings (SSSR count). The van der Waals surface area contributed by atoms with Gasteiger partial charge in [-0.1, -0.05) is 23.2 Å². The van der Waals surface area contributed by atoms with Gasteiger partial charge in [0.1, 0.15) is 5.56 Å². The van der Waals surface area contributed by atoms with E-state index in [0.29, 0.717) is 10.8 Å². The standard InChI is InChI=1S/C17H11Cl2N3O5/c18-7-1-2-9(8(19)5-7)21-15(23)13-12-10(22(16(13)24)17(20)25)3-4-11-14(12)27-6-26-11/h1-5,24H,6H2,(H2,20,25)(H,21,23). The van der Waals surface area contributed by atoms with E-state index < -0.39 is 17.8 Å². The highest BCUT2D eigenvalue weighted by atomic mass is 35.5. The van der Waals surface area contributed by atoms with Crippen molar-refractivity contribution in [1.29, 1.82) is 0 Å². The second-order valence-corrected chi connectivity index (χ2v) is 6.49. The summed E-state index contributed by atoms with van der Waals surface area (Å²) in [4.78, 5) is 24.7. The Morgan fingerprint density at radius 3 is 2.67 bits per heavy atom. The minimum atomic E-state index is -0.958. The molecule has 0 saturated carbocycles. The molecule has 0 saturated heterocycles. The SMILES string of the molecule is NC(=O)n1c(O)c(C(=O)Nc2ccc(Cl)cc2Cl)c2c3c(ccc21)OCO3. The van der Waals surface area contributed by atoms with E-state index in [4.69, 9.17) is 38.4 Å². The fraction of sp³-hybridized carbons (Fsp3) is 0.0588. The zero-order valence-electron chi connectivity index (χ0n) is 13.5. The molecular weight excluding hydrogens is 397 g/mol. The number of anilines is 1. The van der Waals surface area contributed by atoms with Gasteiger partial charge in [0.2, 0.25) is 12.7 Å². The Kier molecular flexibility index (Phi) is 4.01. The van der Waals surface area contributed by atoms with E-state index in [0.717, 1.165) is 4.57 Å². The summed E-state index contributed by atoms with van der Waals surface area (Å²) in [6.45, 7) is -0.0545. The van der Waals surface area contributed by atoms with Crippen LogP contribution in [0, 0.1) is 0 Å². The number of carbonyl (C=O) groups is 2. The van der Waals surface area contributed by atoms with Gasteiger partial charge in [-0.05, 0) is 30.3 Å². The molecule has 10 heteroatoms. The van der Waals surface area contributed by atoms with Gasteiger partial charge in [-0.2, -0.15) is 0 Å². The van der Waals surface area contributed by atoms with E-state index in [-0.39, 0.29) is 39.7 Å². The maximum atomic E-state index is 12.9. The predicted octanol–water partition coefficient (Wildman–Crippen LogP) is 3.56. The lowest BCUT2D eigenvalue weighted by Crippen LogP contribution is -2.19. The first-order valence-corrected chi connectivity index (χ1v) is 8.36. The monoisotopic (exact) mass is 407 g/mol. The average molecular weight is 408 g/mol. The van der Waals surface area contributed by atoms with Crippen LogP contribution in [-0.4, -0.2) is 28.4 Å². The number of fused-ring (bicyclic) bond motifs is 3. The molecule has 0 spiro atoms. The second kappa shape index (κ2) is 6.26. The molecule has 0 aliphatic carbocycles. The first-order valence-electron chi connectivity index (χ1n) is 7.60. The van der Waals surface area contributed by atoms with E-state index in [1.807, 2.05) is 0 Å². The minimum absolute atomic E-state index is 0.0545. The van der Waals surface area contributed by atoms with Crippen LogP contribution in [0.4, 0.5) is 10.5 Å². The van der Waals surface area contributed by atoms with Crippen molar-refractivity contribution in [2.24, 2.45) is 5.73 Å². The smallest absolute Gasteiger partial charge is 0.326 e. The maximum Gasteiger partial charge on any atom is 0.326 e. The van der Waals surface area contributed by atoms with Gasteiger partial charge in [0.25, 0.3) is 5.91 Å². The van der Waals surface area contributed by atoms with Crippen LogP contribution in [0.5, 0.6) is 17.4 Å². The number of ether oxygens (including phenoxy) is 2. The third-order valence-corrected chi connectivity index (χ3v) is 4.62. The summed E-state index contributed by atoms with van der Waals surface area (Å²) in [5.41, 5.74) is 5.64. The summed E-state index contributed by atoms with van der Waals surface area (Å²) in [5, 5.41) is 13.9. The van der Waals surface area contributed by atoms with E-state index in [1.165, 1.54) is 18.2 Å². The Morgan fingerprint density at radius 2 is 1.96 bits per heavy atom. The predicted molar refractivity (Wildman–Crippen MR) is 99.1 cm³/mol. The molecule has 1 aliphatic heterocycles. The number of primary amides is 1. The van der Waals surface area contributed by atoms with E-state index in [9.17, 15) is 14.7 Å². The second-order valence-electron chi connectivity index (χ2n) is 5.64. The quantitative estimate of drug-likeness (QED) is 0.600. The molecule has 0 radical (unpaired) electrons. The Balaban J connectivity index is 1.90. The molecule has 0 atom stereocenters. The number of nitrogens with two attached hydrogens (primary N) is 1. The van der Waals surface area contributed by atoms with Gasteiger partial charge in [0.15, 0.2) is 11.5 Å². The molecule has 0 bridgehead atoms. The van der Waals surface area contributed by atoms with E-state index in [1.54, 1.807) is 12.1 Å². The third-order valence-electron chi connectivity index (χ3n) is 4.07. The Hall–Kier alpha value is -3.10. The maximum absolute atomic E-state index is 12.9. The van der Waals surface area contributed by atoms with Crippen LogP contribution >= 0.6 is 23.2 Å². The summed E-state index contributed by atoms with van der Waals surface area (Å²) in [6.07, 6.45) is 0. The van der Waals surface area contributed by atoms with Gasteiger partial charge >= 0.3 is 6.03 Å². The highest BCUT2D eigenvalue weighted by Gasteiger charge is 2.31. The van der Waals surface area contributed by atoms with Crippen LogP contribution in [0.2, 0.25) is 10.0 Å². The number of rotatable bonds is 2. The van der Waals surface area contributed by atoms with Crippen LogP contribution in [-0.2, 0) is 0 Å². The lowest BCUT2D eigenvalue weighted by molar-refractivity contribution is 0.102. The van der Waals surface area contributed by atoms with Gasteiger partial charge in [-0.3, -0.25) is 4.79 Å². The van der Waals surface area contributed by atoms with Gasteiger partial charge in [0, 0.05) is 5.02 Å². The highest BCUT2D eigenvalue weighted by molar-refractivity contribution is 6.37. The largest absolute Gasteiger partial charge is 0.494 e. The third kappa shape index (κ3) is 2.70. The molecular formula is C17H11Cl2N3O5. The zero-order chi connectivity index (χ0) is 19.3. The van der Waals surface area contributed by atoms with Crippen molar-refractivity contribution < 1.29 is 24.2 Å². The number of hydrogen-bond acceptors (Lipinski definition) is 5. The topological polar surface area (TPSA) is 116 Å².